The van der Waals surface area contributed by atoms with Gasteiger partial charge in [-0.3, -0.25) is 9.59 Å². The van der Waals surface area contributed by atoms with Gasteiger partial charge in [0.15, 0.2) is 11.4 Å². The second-order valence-corrected chi connectivity index (χ2v) is 8.32. The summed E-state index contributed by atoms with van der Waals surface area (Å²) in [7, 11) is 0. The summed E-state index contributed by atoms with van der Waals surface area (Å²) in [5.74, 6) is -0.722. The number of ketones is 1. The fourth-order valence-electron chi connectivity index (χ4n) is 4.59. The van der Waals surface area contributed by atoms with E-state index >= 15 is 0 Å². The van der Waals surface area contributed by atoms with Crippen LogP contribution in [0.3, 0.4) is 0 Å². The molecule has 0 saturated heterocycles. The van der Waals surface area contributed by atoms with E-state index in [0.29, 0.717) is 23.4 Å². The molecule has 4 heteroatoms. The van der Waals surface area contributed by atoms with Crippen molar-refractivity contribution in [1.82, 2.24) is 0 Å². The number of benzene rings is 4. The van der Waals surface area contributed by atoms with Gasteiger partial charge in [0.1, 0.15) is 0 Å². The first-order valence-electron chi connectivity index (χ1n) is 10.7. The monoisotopic (exact) mass is 421 g/mol. The van der Waals surface area contributed by atoms with Gasteiger partial charge >= 0.3 is 0 Å². The van der Waals surface area contributed by atoms with Crippen molar-refractivity contribution >= 4 is 28.2 Å². The molecule has 1 atom stereocenters. The molecule has 0 spiro atoms. The standard InChI is InChI=1S/C28H23NO3/c1-19-9-2-3-11-21(19)18-29-25-16-7-6-15-24(25)28(32,27(29)31)17-26(30)23-14-8-12-20-10-4-5-13-22(20)23/h2-16,32H,17-18H2,1H3. The van der Waals surface area contributed by atoms with Gasteiger partial charge in [-0.2, -0.15) is 0 Å². The van der Waals surface area contributed by atoms with Crippen LogP contribution in [0.5, 0.6) is 0 Å². The lowest BCUT2D eigenvalue weighted by Crippen LogP contribution is -2.41. The van der Waals surface area contributed by atoms with Crippen LogP contribution >= 0.6 is 0 Å². The fourth-order valence-corrected chi connectivity index (χ4v) is 4.59. The lowest BCUT2D eigenvalue weighted by atomic mass is 9.87. The van der Waals surface area contributed by atoms with Crippen LogP contribution < -0.4 is 4.90 Å². The molecular weight excluding hydrogens is 398 g/mol. The number of para-hydroxylation sites is 1. The van der Waals surface area contributed by atoms with E-state index < -0.39 is 11.5 Å². The van der Waals surface area contributed by atoms with Gasteiger partial charge in [0.05, 0.1) is 18.7 Å². The maximum absolute atomic E-state index is 13.6. The number of rotatable bonds is 5. The van der Waals surface area contributed by atoms with E-state index in [1.54, 1.807) is 23.1 Å². The van der Waals surface area contributed by atoms with Gasteiger partial charge in [0.2, 0.25) is 0 Å². The number of Topliss-reactive ketones (excluding diaryl/α,β-unsaturated/α-hetero) is 1. The van der Waals surface area contributed by atoms with Crippen LogP contribution in [-0.4, -0.2) is 16.8 Å². The summed E-state index contributed by atoms with van der Waals surface area (Å²) in [6.07, 6.45) is -0.304. The molecule has 0 bridgehead atoms. The first-order chi connectivity index (χ1) is 15.5. The minimum Gasteiger partial charge on any atom is -0.375 e. The number of aliphatic hydroxyl groups is 1. The number of nitrogens with zero attached hydrogens (tertiary/aromatic N) is 1. The van der Waals surface area contributed by atoms with Gasteiger partial charge in [0.25, 0.3) is 5.91 Å². The first kappa shape index (κ1) is 20.2. The maximum atomic E-state index is 13.6. The topological polar surface area (TPSA) is 57.6 Å². The van der Waals surface area contributed by atoms with E-state index in [9.17, 15) is 14.7 Å². The predicted molar refractivity (Wildman–Crippen MR) is 126 cm³/mol. The molecule has 1 aliphatic rings. The van der Waals surface area contributed by atoms with Crippen LogP contribution in [0, 0.1) is 6.92 Å². The van der Waals surface area contributed by atoms with E-state index in [2.05, 4.69) is 0 Å². The zero-order chi connectivity index (χ0) is 22.3. The Morgan fingerprint density at radius 3 is 2.41 bits per heavy atom. The summed E-state index contributed by atoms with van der Waals surface area (Å²) in [6, 6.07) is 28.2. The molecule has 0 aromatic heterocycles. The number of anilines is 1. The molecule has 158 valence electrons. The number of hydrogen-bond donors (Lipinski definition) is 1. The quantitative estimate of drug-likeness (QED) is 0.453. The number of fused-ring (bicyclic) bond motifs is 2. The van der Waals surface area contributed by atoms with Crippen molar-refractivity contribution in [3.8, 4) is 0 Å². The zero-order valence-electron chi connectivity index (χ0n) is 17.8. The molecule has 0 fully saturated rings. The van der Waals surface area contributed by atoms with E-state index in [1.165, 1.54) is 0 Å². The molecule has 4 aromatic carbocycles. The Labute approximate surface area is 186 Å². The molecule has 1 unspecified atom stereocenters. The van der Waals surface area contributed by atoms with Crippen molar-refractivity contribution in [3.05, 3.63) is 113 Å². The summed E-state index contributed by atoms with van der Waals surface area (Å²) in [6.45, 7) is 2.34. The molecular formula is C28H23NO3. The zero-order valence-corrected chi connectivity index (χ0v) is 17.8. The molecule has 0 saturated carbocycles. The lowest BCUT2D eigenvalue weighted by molar-refractivity contribution is -0.136. The molecule has 1 heterocycles. The smallest absolute Gasteiger partial charge is 0.264 e. The van der Waals surface area contributed by atoms with Crippen molar-refractivity contribution in [1.29, 1.82) is 0 Å². The van der Waals surface area contributed by atoms with E-state index in [1.807, 2.05) is 79.7 Å². The summed E-state index contributed by atoms with van der Waals surface area (Å²) < 4.78 is 0. The Hall–Kier alpha value is -3.76. The number of aryl methyl sites for hydroxylation is 1. The van der Waals surface area contributed by atoms with Gasteiger partial charge in [-0.25, -0.2) is 0 Å². The maximum Gasteiger partial charge on any atom is 0.264 e. The van der Waals surface area contributed by atoms with Crippen LogP contribution in [0.25, 0.3) is 10.8 Å². The molecule has 0 aliphatic carbocycles. The first-order valence-corrected chi connectivity index (χ1v) is 10.7. The second kappa shape index (κ2) is 7.74. The normalized spacial score (nSPS) is 17.6. The molecule has 4 aromatic rings. The van der Waals surface area contributed by atoms with Crippen molar-refractivity contribution in [3.63, 3.8) is 0 Å². The summed E-state index contributed by atoms with van der Waals surface area (Å²) in [5.41, 5.74) is 1.81. The van der Waals surface area contributed by atoms with Crippen LogP contribution in [-0.2, 0) is 16.9 Å². The Bertz CT molecular complexity index is 1350. The van der Waals surface area contributed by atoms with Gasteiger partial charge in [0, 0.05) is 11.1 Å². The van der Waals surface area contributed by atoms with Gasteiger partial charge in [-0.1, -0.05) is 84.9 Å². The molecule has 1 aliphatic heterocycles. The Kier molecular flexibility index (Phi) is 4.87. The second-order valence-electron chi connectivity index (χ2n) is 8.32. The minimum atomic E-state index is -1.90. The third kappa shape index (κ3) is 3.20. The average molecular weight is 421 g/mol. The van der Waals surface area contributed by atoms with Gasteiger partial charge < -0.3 is 10.0 Å². The molecule has 1 amide bonds. The highest BCUT2D eigenvalue weighted by Gasteiger charge is 2.50. The Balaban J connectivity index is 1.53. The number of amides is 1. The number of hydrogen-bond acceptors (Lipinski definition) is 3. The SMILES string of the molecule is Cc1ccccc1CN1C(=O)C(O)(CC(=O)c2cccc3ccccc23)c2ccccc21. The van der Waals surface area contributed by atoms with Crippen molar-refractivity contribution < 1.29 is 14.7 Å². The van der Waals surface area contributed by atoms with Crippen molar-refractivity contribution in [2.45, 2.75) is 25.5 Å². The third-order valence-corrected chi connectivity index (χ3v) is 6.34. The minimum absolute atomic E-state index is 0.259. The van der Waals surface area contributed by atoms with Crippen molar-refractivity contribution in [2.24, 2.45) is 0 Å². The average Bonchev–Trinajstić information content (AvgIpc) is 3.02. The summed E-state index contributed by atoms with van der Waals surface area (Å²) >= 11 is 0. The fraction of sp³-hybridized carbons (Fsp3) is 0.143. The summed E-state index contributed by atoms with van der Waals surface area (Å²) in [4.78, 5) is 28.5. The van der Waals surface area contributed by atoms with E-state index in [-0.39, 0.29) is 12.2 Å². The van der Waals surface area contributed by atoms with E-state index in [4.69, 9.17) is 0 Å². The lowest BCUT2D eigenvalue weighted by Gasteiger charge is -2.23. The molecule has 4 nitrogen and oxygen atoms in total. The van der Waals surface area contributed by atoms with Gasteiger partial charge in [-0.15, -0.1) is 0 Å². The molecule has 1 N–H and O–H groups in total. The number of carbonyl (C=O) groups excluding carboxylic acids is 2. The van der Waals surface area contributed by atoms with Crippen LogP contribution in [0.2, 0.25) is 0 Å². The van der Waals surface area contributed by atoms with Crippen molar-refractivity contribution in [2.75, 3.05) is 4.90 Å². The highest BCUT2D eigenvalue weighted by molar-refractivity contribution is 6.13. The highest BCUT2D eigenvalue weighted by Crippen LogP contribution is 2.44. The molecule has 5 rings (SSSR count). The highest BCUT2D eigenvalue weighted by atomic mass is 16.3. The van der Waals surface area contributed by atoms with Crippen LogP contribution in [0.4, 0.5) is 5.69 Å². The third-order valence-electron chi connectivity index (χ3n) is 6.34. The number of carbonyl (C=O) groups is 2. The van der Waals surface area contributed by atoms with Crippen LogP contribution in [0.15, 0.2) is 91.0 Å². The summed E-state index contributed by atoms with van der Waals surface area (Å²) in [5, 5.41) is 13.4. The predicted octanol–water partition coefficient (Wildman–Crippen LogP) is 5.16. The molecule has 32 heavy (non-hydrogen) atoms. The van der Waals surface area contributed by atoms with Crippen LogP contribution in [0.1, 0.15) is 33.5 Å². The van der Waals surface area contributed by atoms with Gasteiger partial charge in [-0.05, 0) is 34.9 Å². The largest absolute Gasteiger partial charge is 0.375 e. The Morgan fingerprint density at radius 2 is 1.56 bits per heavy atom. The Morgan fingerprint density at radius 1 is 0.875 bits per heavy atom. The molecule has 0 radical (unpaired) electrons. The van der Waals surface area contributed by atoms with E-state index in [0.717, 1.165) is 21.9 Å².